The molecule has 1 rings (SSSR count). The van der Waals surface area contributed by atoms with Gasteiger partial charge in [-0.15, -0.1) is 0 Å². The largest absolute Gasteiger partial charge is 0.478 e. The van der Waals surface area contributed by atoms with Crippen molar-refractivity contribution in [3.63, 3.8) is 0 Å². The zero-order chi connectivity index (χ0) is 15.8. The molecule has 5 nitrogen and oxygen atoms in total. The van der Waals surface area contributed by atoms with E-state index in [0.717, 1.165) is 19.5 Å². The van der Waals surface area contributed by atoms with E-state index >= 15 is 0 Å². The second-order valence-electron chi connectivity index (χ2n) is 4.68. The summed E-state index contributed by atoms with van der Waals surface area (Å²) in [6, 6.07) is 6.51. The van der Waals surface area contributed by atoms with Gasteiger partial charge in [0, 0.05) is 18.8 Å². The maximum atomic E-state index is 10.9. The van der Waals surface area contributed by atoms with Crippen molar-refractivity contribution in [2.75, 3.05) is 13.1 Å². The molecule has 0 bridgehead atoms. The Labute approximate surface area is 125 Å². The van der Waals surface area contributed by atoms with Gasteiger partial charge in [-0.05, 0) is 43.2 Å². The molecule has 5 N–H and O–H groups in total. The third kappa shape index (κ3) is 4.87. The van der Waals surface area contributed by atoms with Crippen molar-refractivity contribution in [2.45, 2.75) is 20.3 Å². The number of hydrogen-bond donors (Lipinski definition) is 3. The number of benzene rings is 1. The molecular weight excluding hydrogens is 266 g/mol. The molecule has 0 saturated carbocycles. The van der Waals surface area contributed by atoms with Crippen molar-refractivity contribution >= 4 is 11.7 Å². The molecular formula is C16H23N3O2. The first-order valence-corrected chi connectivity index (χ1v) is 7.01. The van der Waals surface area contributed by atoms with Crippen LogP contribution in [-0.4, -0.2) is 29.1 Å². The Balaban J connectivity index is 2.94. The maximum absolute atomic E-state index is 10.9. The highest BCUT2D eigenvalue weighted by Gasteiger charge is 2.05. The van der Waals surface area contributed by atoms with Crippen LogP contribution >= 0.6 is 0 Å². The summed E-state index contributed by atoms with van der Waals surface area (Å²) in [4.78, 5) is 13.0. The summed E-state index contributed by atoms with van der Waals surface area (Å²) < 4.78 is 0. The van der Waals surface area contributed by atoms with Crippen molar-refractivity contribution < 1.29 is 9.90 Å². The van der Waals surface area contributed by atoms with Crippen molar-refractivity contribution in [3.05, 3.63) is 53.4 Å². The Morgan fingerprint density at radius 3 is 2.48 bits per heavy atom. The molecule has 0 aliphatic heterocycles. The zero-order valence-electron chi connectivity index (χ0n) is 12.5. The third-order valence-electron chi connectivity index (χ3n) is 3.12. The molecule has 5 heteroatoms. The lowest BCUT2D eigenvalue weighted by Crippen LogP contribution is -2.28. The first kappa shape index (κ1) is 16.6. The molecule has 0 aliphatic rings. The summed E-state index contributed by atoms with van der Waals surface area (Å²) in [5, 5.41) is 8.97. The quantitative estimate of drug-likeness (QED) is 0.669. The van der Waals surface area contributed by atoms with Gasteiger partial charge in [-0.1, -0.05) is 19.1 Å². The number of allylic oxidation sites excluding steroid dienone is 2. The van der Waals surface area contributed by atoms with Crippen LogP contribution in [0.2, 0.25) is 0 Å². The van der Waals surface area contributed by atoms with Crippen molar-refractivity contribution in [3.8, 4) is 0 Å². The van der Waals surface area contributed by atoms with Gasteiger partial charge in [-0.2, -0.15) is 0 Å². The van der Waals surface area contributed by atoms with Crippen LogP contribution in [0.15, 0.2) is 42.2 Å². The first-order valence-electron chi connectivity index (χ1n) is 7.01. The molecule has 0 aromatic heterocycles. The Kier molecular flexibility index (Phi) is 6.33. The molecule has 0 fully saturated rings. The second kappa shape index (κ2) is 7.99. The number of carbonyl (C=O) groups is 1. The Bertz CT molecular complexity index is 550. The SMILES string of the molecule is CCCN(CC)/C(N)=C/C=C(\N)c1cccc(C(=O)O)c1. The van der Waals surface area contributed by atoms with Crippen LogP contribution in [0.4, 0.5) is 0 Å². The Morgan fingerprint density at radius 2 is 1.90 bits per heavy atom. The lowest BCUT2D eigenvalue weighted by Gasteiger charge is -2.21. The molecule has 0 unspecified atom stereocenters. The van der Waals surface area contributed by atoms with E-state index in [0.29, 0.717) is 17.1 Å². The molecule has 1 aromatic rings. The second-order valence-corrected chi connectivity index (χ2v) is 4.68. The van der Waals surface area contributed by atoms with Crippen LogP contribution in [0, 0.1) is 0 Å². The minimum absolute atomic E-state index is 0.210. The van der Waals surface area contributed by atoms with E-state index in [9.17, 15) is 4.79 Å². The molecule has 0 spiro atoms. The fourth-order valence-electron chi connectivity index (χ4n) is 1.95. The average Bonchev–Trinajstić information content (AvgIpc) is 2.49. The fourth-order valence-corrected chi connectivity index (χ4v) is 1.95. The molecule has 1 aromatic carbocycles. The summed E-state index contributed by atoms with van der Waals surface area (Å²) in [5.41, 5.74) is 13.3. The van der Waals surface area contributed by atoms with Gasteiger partial charge < -0.3 is 21.5 Å². The zero-order valence-corrected chi connectivity index (χ0v) is 12.5. The Hall–Kier alpha value is -2.43. The average molecular weight is 289 g/mol. The van der Waals surface area contributed by atoms with Crippen molar-refractivity contribution in [1.82, 2.24) is 4.90 Å². The van der Waals surface area contributed by atoms with Crippen LogP contribution in [-0.2, 0) is 0 Å². The number of rotatable bonds is 7. The van der Waals surface area contributed by atoms with Gasteiger partial charge in [-0.25, -0.2) is 4.79 Å². The fraction of sp³-hybridized carbons (Fsp3) is 0.312. The van der Waals surface area contributed by atoms with Crippen molar-refractivity contribution in [1.29, 1.82) is 0 Å². The van der Waals surface area contributed by atoms with Gasteiger partial charge in [0.15, 0.2) is 0 Å². The van der Waals surface area contributed by atoms with Gasteiger partial charge in [0.1, 0.15) is 0 Å². The Morgan fingerprint density at radius 1 is 1.24 bits per heavy atom. The van der Waals surface area contributed by atoms with E-state index in [4.69, 9.17) is 16.6 Å². The van der Waals surface area contributed by atoms with Crippen LogP contribution in [0.5, 0.6) is 0 Å². The summed E-state index contributed by atoms with van der Waals surface area (Å²) in [6.07, 6.45) is 4.47. The summed E-state index contributed by atoms with van der Waals surface area (Å²) in [6.45, 7) is 5.86. The van der Waals surface area contributed by atoms with E-state index in [1.807, 2.05) is 6.92 Å². The van der Waals surface area contributed by atoms with E-state index in [1.165, 1.54) is 6.07 Å². The predicted octanol–water partition coefficient (Wildman–Crippen LogP) is 2.22. The monoisotopic (exact) mass is 289 g/mol. The van der Waals surface area contributed by atoms with Crippen LogP contribution in [0.25, 0.3) is 5.70 Å². The minimum Gasteiger partial charge on any atom is -0.478 e. The molecule has 0 saturated heterocycles. The summed E-state index contributed by atoms with van der Waals surface area (Å²) in [5.74, 6) is -0.323. The highest BCUT2D eigenvalue weighted by atomic mass is 16.4. The molecule has 21 heavy (non-hydrogen) atoms. The van der Waals surface area contributed by atoms with E-state index in [-0.39, 0.29) is 5.56 Å². The molecule has 0 heterocycles. The third-order valence-corrected chi connectivity index (χ3v) is 3.12. The van der Waals surface area contributed by atoms with Gasteiger partial charge in [0.05, 0.1) is 11.4 Å². The molecule has 0 radical (unpaired) electrons. The number of carboxylic acids is 1. The maximum Gasteiger partial charge on any atom is 0.335 e. The number of carboxylic acid groups (broad SMARTS) is 1. The summed E-state index contributed by atoms with van der Waals surface area (Å²) in [7, 11) is 0. The minimum atomic E-state index is -0.972. The van der Waals surface area contributed by atoms with E-state index < -0.39 is 5.97 Å². The number of aromatic carboxylic acids is 1. The number of hydrogen-bond acceptors (Lipinski definition) is 4. The van der Waals surface area contributed by atoms with Gasteiger partial charge >= 0.3 is 5.97 Å². The highest BCUT2D eigenvalue weighted by molar-refractivity contribution is 5.88. The molecule has 114 valence electrons. The van der Waals surface area contributed by atoms with Gasteiger partial charge in [0.25, 0.3) is 0 Å². The van der Waals surface area contributed by atoms with Gasteiger partial charge in [0.2, 0.25) is 0 Å². The first-order chi connectivity index (χ1) is 9.99. The van der Waals surface area contributed by atoms with E-state index in [1.54, 1.807) is 30.4 Å². The molecule has 0 amide bonds. The molecule has 0 atom stereocenters. The van der Waals surface area contributed by atoms with Crippen LogP contribution in [0.1, 0.15) is 36.2 Å². The van der Waals surface area contributed by atoms with Crippen molar-refractivity contribution in [2.24, 2.45) is 11.5 Å². The van der Waals surface area contributed by atoms with Crippen LogP contribution in [0.3, 0.4) is 0 Å². The smallest absolute Gasteiger partial charge is 0.335 e. The predicted molar refractivity (Wildman–Crippen MR) is 85.4 cm³/mol. The number of nitrogens with two attached hydrogens (primary N) is 2. The highest BCUT2D eigenvalue weighted by Crippen LogP contribution is 2.12. The lowest BCUT2D eigenvalue weighted by atomic mass is 10.1. The summed E-state index contributed by atoms with van der Waals surface area (Å²) >= 11 is 0. The lowest BCUT2D eigenvalue weighted by molar-refractivity contribution is 0.0697. The number of nitrogens with zero attached hydrogens (tertiary/aromatic N) is 1. The van der Waals surface area contributed by atoms with E-state index in [2.05, 4.69) is 11.8 Å². The standard InChI is InChI=1S/C16H23N3O2/c1-3-10-19(4-2)15(18)9-8-14(17)12-6-5-7-13(11-12)16(20)21/h5-9,11H,3-4,10,17-18H2,1-2H3,(H,20,21)/b14-8-,15-9+. The van der Waals surface area contributed by atoms with Gasteiger partial charge in [-0.3, -0.25) is 0 Å². The van der Waals surface area contributed by atoms with Crippen LogP contribution < -0.4 is 11.5 Å². The topological polar surface area (TPSA) is 92.6 Å². The normalized spacial score (nSPS) is 12.3. The molecule has 0 aliphatic carbocycles.